The molecule has 0 aliphatic carbocycles. The number of aliphatic hydroxyl groups excluding tert-OH is 2. The zero-order valence-corrected chi connectivity index (χ0v) is 21.7. The Hall–Kier alpha value is -4.46. The van der Waals surface area contributed by atoms with Gasteiger partial charge in [0, 0.05) is 23.5 Å². The number of hydrogen-bond acceptors (Lipinski definition) is 8. The zero-order chi connectivity index (χ0) is 29.4. The van der Waals surface area contributed by atoms with Gasteiger partial charge in [0.1, 0.15) is 23.9 Å². The fourth-order valence-electron chi connectivity index (χ4n) is 4.09. The van der Waals surface area contributed by atoms with Gasteiger partial charge in [-0.05, 0) is 42.7 Å². The fraction of sp³-hybridized carbons (Fsp3) is 0.333. The summed E-state index contributed by atoms with van der Waals surface area (Å²) < 4.78 is 0. The van der Waals surface area contributed by atoms with Crippen molar-refractivity contribution in [2.45, 2.75) is 50.0 Å². The van der Waals surface area contributed by atoms with E-state index in [1.165, 1.54) is 19.1 Å². The molecule has 0 aliphatic heterocycles. The van der Waals surface area contributed by atoms with E-state index in [2.05, 4.69) is 15.6 Å². The molecule has 0 saturated carbocycles. The summed E-state index contributed by atoms with van der Waals surface area (Å²) in [6.45, 7) is 0.305. The number of carbonyl (C=O) groups excluding carboxylic acids is 3. The van der Waals surface area contributed by atoms with Crippen LogP contribution in [0.5, 0.6) is 5.75 Å². The number of aliphatic hydroxyl groups is 2. The summed E-state index contributed by atoms with van der Waals surface area (Å²) in [6.07, 6.45) is 0.410. The van der Waals surface area contributed by atoms with Gasteiger partial charge in [0.2, 0.25) is 17.7 Å². The number of hydrogen-bond donors (Lipinski definition) is 9. The van der Waals surface area contributed by atoms with E-state index < -0.39 is 60.6 Å². The van der Waals surface area contributed by atoms with E-state index in [0.29, 0.717) is 5.56 Å². The predicted molar refractivity (Wildman–Crippen MR) is 144 cm³/mol. The second-order valence-electron chi connectivity index (χ2n) is 9.41. The second-order valence-corrected chi connectivity index (χ2v) is 9.41. The van der Waals surface area contributed by atoms with Crippen LogP contribution in [0.15, 0.2) is 54.7 Å². The van der Waals surface area contributed by atoms with Crippen LogP contribution in [0.1, 0.15) is 18.1 Å². The lowest BCUT2D eigenvalue weighted by atomic mass is 10.0. The first-order valence-electron chi connectivity index (χ1n) is 12.5. The second kappa shape index (κ2) is 13.6. The van der Waals surface area contributed by atoms with Gasteiger partial charge in [-0.1, -0.05) is 30.3 Å². The average molecular weight is 556 g/mol. The number of fused-ring (bicyclic) bond motifs is 1. The average Bonchev–Trinajstić information content (AvgIpc) is 3.33. The first-order chi connectivity index (χ1) is 19.0. The number of carbonyl (C=O) groups is 4. The molecule has 13 heteroatoms. The molecule has 40 heavy (non-hydrogen) atoms. The number of nitrogens with one attached hydrogen (secondary N) is 4. The van der Waals surface area contributed by atoms with Gasteiger partial charge < -0.3 is 47.1 Å². The minimum atomic E-state index is -1.65. The van der Waals surface area contributed by atoms with Crippen LogP contribution in [-0.2, 0) is 32.0 Å². The number of aromatic amines is 1. The molecule has 0 aliphatic rings. The maximum Gasteiger partial charge on any atom is 0.328 e. The van der Waals surface area contributed by atoms with E-state index in [0.717, 1.165) is 16.5 Å². The van der Waals surface area contributed by atoms with E-state index in [-0.39, 0.29) is 18.6 Å². The Morgan fingerprint density at radius 3 is 2.17 bits per heavy atom. The standard InChI is InChI=1S/C27H33N5O8/c1-14(34)23(26(38)31-22(13-33)27(39)40)32-25(37)21(10-15-6-8-17(35)9-7-15)30-24(36)19(28)11-16-12-29-20-5-3-2-4-18(16)20/h2-9,12,14,19,21-23,29,33-35H,10-11,13,28H2,1H3,(H,30,36)(H,31,38)(H,32,37)(H,39,40). The first kappa shape index (κ1) is 30.1. The van der Waals surface area contributed by atoms with E-state index in [1.54, 1.807) is 18.3 Å². The number of H-pyrrole nitrogens is 1. The Kier molecular flexibility index (Phi) is 10.2. The van der Waals surface area contributed by atoms with Crippen molar-refractivity contribution in [1.82, 2.24) is 20.9 Å². The summed E-state index contributed by atoms with van der Waals surface area (Å²) in [5.41, 5.74) is 8.43. The van der Waals surface area contributed by atoms with Gasteiger partial charge >= 0.3 is 5.97 Å². The highest BCUT2D eigenvalue weighted by atomic mass is 16.4. The number of carboxylic acid groups (broad SMARTS) is 1. The zero-order valence-electron chi connectivity index (χ0n) is 21.7. The number of aliphatic carboxylic acids is 1. The molecule has 0 radical (unpaired) electrons. The quantitative estimate of drug-likeness (QED) is 0.124. The SMILES string of the molecule is CC(O)C(NC(=O)C(Cc1ccc(O)cc1)NC(=O)C(N)Cc1c[nH]c2ccccc12)C(=O)NC(CO)C(=O)O. The number of aromatic nitrogens is 1. The number of phenolic OH excluding ortho intramolecular Hbond substituents is 1. The van der Waals surface area contributed by atoms with E-state index in [1.807, 2.05) is 29.6 Å². The molecule has 3 amide bonds. The Bertz CT molecular complexity index is 1340. The number of rotatable bonds is 13. The Morgan fingerprint density at radius 1 is 0.900 bits per heavy atom. The van der Waals surface area contributed by atoms with Crippen LogP contribution >= 0.6 is 0 Å². The number of amides is 3. The lowest BCUT2D eigenvalue weighted by Crippen LogP contribution is -2.60. The number of benzene rings is 2. The molecule has 2 aromatic carbocycles. The minimum Gasteiger partial charge on any atom is -0.508 e. The molecule has 0 bridgehead atoms. The predicted octanol–water partition coefficient (Wildman–Crippen LogP) is -1.10. The molecular formula is C27H33N5O8. The lowest BCUT2D eigenvalue weighted by molar-refractivity contribution is -0.144. The molecule has 214 valence electrons. The topological polar surface area (TPSA) is 227 Å². The van der Waals surface area contributed by atoms with Crippen LogP contribution in [0.3, 0.4) is 0 Å². The van der Waals surface area contributed by atoms with Crippen molar-refractivity contribution in [3.05, 3.63) is 65.9 Å². The van der Waals surface area contributed by atoms with Crippen molar-refractivity contribution >= 4 is 34.6 Å². The largest absolute Gasteiger partial charge is 0.508 e. The molecule has 0 saturated heterocycles. The maximum absolute atomic E-state index is 13.3. The molecule has 1 heterocycles. The van der Waals surface area contributed by atoms with Gasteiger partial charge in [-0.2, -0.15) is 0 Å². The minimum absolute atomic E-state index is 0.00255. The van der Waals surface area contributed by atoms with Crippen LogP contribution in [0.4, 0.5) is 0 Å². The van der Waals surface area contributed by atoms with Crippen LogP contribution < -0.4 is 21.7 Å². The summed E-state index contributed by atoms with van der Waals surface area (Å²) in [7, 11) is 0. The molecule has 10 N–H and O–H groups in total. The van der Waals surface area contributed by atoms with Gasteiger partial charge in [0.15, 0.2) is 0 Å². The Morgan fingerprint density at radius 2 is 1.55 bits per heavy atom. The van der Waals surface area contributed by atoms with Crippen LogP contribution in [0.2, 0.25) is 0 Å². The van der Waals surface area contributed by atoms with Crippen molar-refractivity contribution in [3.63, 3.8) is 0 Å². The van der Waals surface area contributed by atoms with E-state index >= 15 is 0 Å². The number of phenols is 1. The third-order valence-corrected chi connectivity index (χ3v) is 6.32. The molecule has 5 unspecified atom stereocenters. The number of aromatic hydroxyl groups is 1. The smallest absolute Gasteiger partial charge is 0.328 e. The molecule has 3 rings (SSSR count). The number of carboxylic acids is 1. The van der Waals surface area contributed by atoms with Crippen molar-refractivity contribution in [2.24, 2.45) is 5.73 Å². The number of nitrogens with two attached hydrogens (primary N) is 1. The van der Waals surface area contributed by atoms with Gasteiger partial charge in [-0.3, -0.25) is 14.4 Å². The molecule has 1 aromatic heterocycles. The first-order valence-corrected chi connectivity index (χ1v) is 12.5. The lowest BCUT2D eigenvalue weighted by Gasteiger charge is -2.26. The van der Waals surface area contributed by atoms with Crippen LogP contribution in [-0.4, -0.2) is 86.0 Å². The highest BCUT2D eigenvalue weighted by molar-refractivity contribution is 5.95. The summed E-state index contributed by atoms with van der Waals surface area (Å²) in [5, 5.41) is 45.9. The van der Waals surface area contributed by atoms with Crippen molar-refractivity contribution in [1.29, 1.82) is 0 Å². The fourth-order valence-corrected chi connectivity index (χ4v) is 4.09. The van der Waals surface area contributed by atoms with Crippen LogP contribution in [0.25, 0.3) is 10.9 Å². The molecule has 3 aromatic rings. The highest BCUT2D eigenvalue weighted by Crippen LogP contribution is 2.19. The molecule has 13 nitrogen and oxygen atoms in total. The van der Waals surface area contributed by atoms with Crippen molar-refractivity contribution in [3.8, 4) is 5.75 Å². The van der Waals surface area contributed by atoms with Gasteiger partial charge in [0.25, 0.3) is 0 Å². The van der Waals surface area contributed by atoms with Gasteiger partial charge in [-0.25, -0.2) is 4.79 Å². The monoisotopic (exact) mass is 555 g/mol. The third-order valence-electron chi connectivity index (χ3n) is 6.32. The molecule has 0 spiro atoms. The maximum atomic E-state index is 13.3. The van der Waals surface area contributed by atoms with Crippen molar-refractivity contribution in [2.75, 3.05) is 6.61 Å². The summed E-state index contributed by atoms with van der Waals surface area (Å²) >= 11 is 0. The summed E-state index contributed by atoms with van der Waals surface area (Å²) in [5.74, 6) is -4.05. The number of para-hydroxylation sites is 1. The third kappa shape index (κ3) is 7.79. The Balaban J connectivity index is 1.77. The van der Waals surface area contributed by atoms with Crippen LogP contribution in [0, 0.1) is 0 Å². The molecule has 0 fully saturated rings. The Labute approximate surface area is 229 Å². The molecular weight excluding hydrogens is 522 g/mol. The summed E-state index contributed by atoms with van der Waals surface area (Å²) in [6, 6.07) is 7.86. The van der Waals surface area contributed by atoms with E-state index in [4.69, 9.17) is 10.8 Å². The van der Waals surface area contributed by atoms with Gasteiger partial charge in [0.05, 0.1) is 18.8 Å². The molecule has 5 atom stereocenters. The van der Waals surface area contributed by atoms with Gasteiger partial charge in [-0.15, -0.1) is 0 Å². The van der Waals surface area contributed by atoms with E-state index in [9.17, 15) is 34.5 Å². The van der Waals surface area contributed by atoms with Crippen molar-refractivity contribution < 1.29 is 39.6 Å². The summed E-state index contributed by atoms with van der Waals surface area (Å²) in [4.78, 5) is 53.3. The normalized spacial score (nSPS) is 14.9. The highest BCUT2D eigenvalue weighted by Gasteiger charge is 2.33.